The summed E-state index contributed by atoms with van der Waals surface area (Å²) >= 11 is 0. The second-order valence-electron chi connectivity index (χ2n) is 4.71. The summed E-state index contributed by atoms with van der Waals surface area (Å²) in [6.07, 6.45) is 4.86. The quantitative estimate of drug-likeness (QED) is 0.635. The zero-order valence-corrected chi connectivity index (χ0v) is 11.7. The molecule has 5 nitrogen and oxygen atoms in total. The Morgan fingerprint density at radius 3 is 2.79 bits per heavy atom. The largest absolute Gasteiger partial charge is 0.333 e. The average molecular weight is 259 g/mol. The summed E-state index contributed by atoms with van der Waals surface area (Å²) < 4.78 is 2.13. The first-order valence-electron chi connectivity index (χ1n) is 6.58. The molecule has 2 rings (SSSR count). The van der Waals surface area contributed by atoms with Crippen molar-refractivity contribution in [2.45, 2.75) is 39.8 Å². The van der Waals surface area contributed by atoms with Crippen molar-refractivity contribution in [3.63, 3.8) is 0 Å². The van der Waals surface area contributed by atoms with Gasteiger partial charge in [0.05, 0.1) is 0 Å². The Labute approximate surface area is 113 Å². The Kier molecular flexibility index (Phi) is 4.29. The molecule has 0 aliphatic carbocycles. The van der Waals surface area contributed by atoms with E-state index in [0.29, 0.717) is 0 Å². The average Bonchev–Trinajstić information content (AvgIpc) is 2.82. The molecule has 0 aliphatic rings. The van der Waals surface area contributed by atoms with E-state index in [1.807, 2.05) is 32.3 Å². The van der Waals surface area contributed by atoms with Crippen LogP contribution in [0.25, 0.3) is 0 Å². The number of nitrogens with one attached hydrogen (secondary N) is 1. The van der Waals surface area contributed by atoms with Crippen molar-refractivity contribution in [2.24, 2.45) is 5.84 Å². The molecule has 0 amide bonds. The minimum Gasteiger partial charge on any atom is -0.333 e. The number of pyridine rings is 1. The summed E-state index contributed by atoms with van der Waals surface area (Å²) in [7, 11) is 0. The van der Waals surface area contributed by atoms with Crippen molar-refractivity contribution in [1.82, 2.24) is 20.0 Å². The van der Waals surface area contributed by atoms with E-state index in [4.69, 9.17) is 5.84 Å². The minimum atomic E-state index is -0.130. The highest BCUT2D eigenvalue weighted by Crippen LogP contribution is 2.22. The van der Waals surface area contributed by atoms with Crippen LogP contribution < -0.4 is 11.3 Å². The second-order valence-corrected chi connectivity index (χ2v) is 4.71. The third kappa shape index (κ3) is 2.83. The van der Waals surface area contributed by atoms with Crippen LogP contribution in [0.4, 0.5) is 0 Å². The summed E-state index contributed by atoms with van der Waals surface area (Å²) in [5.74, 6) is 6.67. The van der Waals surface area contributed by atoms with Crippen LogP contribution in [0.2, 0.25) is 0 Å². The highest BCUT2D eigenvalue weighted by Gasteiger charge is 2.19. The highest BCUT2D eigenvalue weighted by molar-refractivity contribution is 5.29. The SMILES string of the molecule is CCCn1ccnc1C(NN)c1ccc(C)nc1C. The van der Waals surface area contributed by atoms with Gasteiger partial charge in [-0.1, -0.05) is 13.0 Å². The van der Waals surface area contributed by atoms with Gasteiger partial charge in [-0.25, -0.2) is 10.4 Å². The van der Waals surface area contributed by atoms with Gasteiger partial charge in [-0.2, -0.15) is 0 Å². The van der Waals surface area contributed by atoms with Crippen LogP contribution in [0.3, 0.4) is 0 Å². The summed E-state index contributed by atoms with van der Waals surface area (Å²) in [6.45, 7) is 7.07. The fraction of sp³-hybridized carbons (Fsp3) is 0.429. The Balaban J connectivity index is 2.41. The predicted molar refractivity (Wildman–Crippen MR) is 75.4 cm³/mol. The van der Waals surface area contributed by atoms with Gasteiger partial charge in [-0.15, -0.1) is 0 Å². The lowest BCUT2D eigenvalue weighted by atomic mass is 10.0. The lowest BCUT2D eigenvalue weighted by Crippen LogP contribution is -2.32. The predicted octanol–water partition coefficient (Wildman–Crippen LogP) is 1.86. The third-order valence-electron chi connectivity index (χ3n) is 3.21. The minimum absolute atomic E-state index is 0.130. The van der Waals surface area contributed by atoms with Crippen LogP contribution in [0.1, 0.15) is 42.2 Å². The van der Waals surface area contributed by atoms with Gasteiger partial charge in [0.2, 0.25) is 0 Å². The maximum atomic E-state index is 5.74. The molecule has 3 N–H and O–H groups in total. The Morgan fingerprint density at radius 1 is 1.37 bits per heavy atom. The molecule has 0 aliphatic heterocycles. The molecule has 0 saturated carbocycles. The molecule has 102 valence electrons. The van der Waals surface area contributed by atoms with Crippen LogP contribution in [0, 0.1) is 13.8 Å². The first-order valence-corrected chi connectivity index (χ1v) is 6.58. The van der Waals surface area contributed by atoms with Gasteiger partial charge in [0.1, 0.15) is 11.9 Å². The molecule has 19 heavy (non-hydrogen) atoms. The first-order chi connectivity index (χ1) is 9.17. The van der Waals surface area contributed by atoms with E-state index in [0.717, 1.165) is 35.7 Å². The van der Waals surface area contributed by atoms with Crippen LogP contribution in [0.15, 0.2) is 24.5 Å². The molecule has 0 radical (unpaired) electrons. The summed E-state index contributed by atoms with van der Waals surface area (Å²) in [6, 6.07) is 3.93. The van der Waals surface area contributed by atoms with Crippen molar-refractivity contribution in [2.75, 3.05) is 0 Å². The number of hydrazine groups is 1. The number of aryl methyl sites for hydroxylation is 3. The number of hydrogen-bond donors (Lipinski definition) is 2. The van der Waals surface area contributed by atoms with Gasteiger partial charge in [-0.3, -0.25) is 10.8 Å². The van der Waals surface area contributed by atoms with Crippen molar-refractivity contribution in [3.8, 4) is 0 Å². The Hall–Kier alpha value is -1.72. The summed E-state index contributed by atoms with van der Waals surface area (Å²) in [5.41, 5.74) is 5.91. The Morgan fingerprint density at radius 2 is 2.16 bits per heavy atom. The van der Waals surface area contributed by atoms with Crippen LogP contribution in [-0.4, -0.2) is 14.5 Å². The zero-order chi connectivity index (χ0) is 13.8. The maximum absolute atomic E-state index is 5.74. The zero-order valence-electron chi connectivity index (χ0n) is 11.7. The molecule has 2 aromatic rings. The summed E-state index contributed by atoms with van der Waals surface area (Å²) in [4.78, 5) is 8.93. The Bertz CT molecular complexity index is 547. The van der Waals surface area contributed by atoms with Gasteiger partial charge < -0.3 is 4.57 Å². The maximum Gasteiger partial charge on any atom is 0.131 e. The molecule has 5 heteroatoms. The van der Waals surface area contributed by atoms with Crippen molar-refractivity contribution >= 4 is 0 Å². The molecular weight excluding hydrogens is 238 g/mol. The monoisotopic (exact) mass is 259 g/mol. The van der Waals surface area contributed by atoms with E-state index >= 15 is 0 Å². The highest BCUT2D eigenvalue weighted by atomic mass is 15.3. The van der Waals surface area contributed by atoms with E-state index in [1.54, 1.807) is 0 Å². The van der Waals surface area contributed by atoms with E-state index in [9.17, 15) is 0 Å². The smallest absolute Gasteiger partial charge is 0.131 e. The van der Waals surface area contributed by atoms with E-state index in [1.165, 1.54) is 0 Å². The van der Waals surface area contributed by atoms with Gasteiger partial charge in [0.25, 0.3) is 0 Å². The topological polar surface area (TPSA) is 68.8 Å². The van der Waals surface area contributed by atoms with Gasteiger partial charge in [-0.05, 0) is 31.9 Å². The molecule has 2 aromatic heterocycles. The molecule has 1 atom stereocenters. The third-order valence-corrected chi connectivity index (χ3v) is 3.21. The fourth-order valence-corrected chi connectivity index (χ4v) is 2.32. The molecule has 0 fully saturated rings. The first kappa shape index (κ1) is 13.7. The molecule has 0 aromatic carbocycles. The second kappa shape index (κ2) is 5.95. The molecule has 2 heterocycles. The molecular formula is C14H21N5. The molecule has 0 bridgehead atoms. The van der Waals surface area contributed by atoms with Crippen molar-refractivity contribution < 1.29 is 0 Å². The van der Waals surface area contributed by atoms with E-state index in [2.05, 4.69) is 33.0 Å². The van der Waals surface area contributed by atoms with Crippen LogP contribution >= 0.6 is 0 Å². The standard InChI is InChI=1S/C14H21N5/c1-4-8-19-9-7-16-14(19)13(18-15)12-6-5-10(2)17-11(12)3/h5-7,9,13,18H,4,8,15H2,1-3H3. The van der Waals surface area contributed by atoms with Crippen LogP contribution in [0.5, 0.6) is 0 Å². The molecule has 0 spiro atoms. The van der Waals surface area contributed by atoms with Crippen molar-refractivity contribution in [1.29, 1.82) is 0 Å². The van der Waals surface area contributed by atoms with Crippen molar-refractivity contribution in [3.05, 3.63) is 47.3 Å². The van der Waals surface area contributed by atoms with E-state index < -0.39 is 0 Å². The van der Waals surface area contributed by atoms with E-state index in [-0.39, 0.29) is 6.04 Å². The van der Waals surface area contributed by atoms with Crippen LogP contribution in [-0.2, 0) is 6.54 Å². The number of imidazole rings is 1. The number of rotatable bonds is 5. The molecule has 0 saturated heterocycles. The summed E-state index contributed by atoms with van der Waals surface area (Å²) in [5, 5.41) is 0. The number of nitrogens with two attached hydrogens (primary N) is 1. The lowest BCUT2D eigenvalue weighted by molar-refractivity contribution is 0.542. The fourth-order valence-electron chi connectivity index (χ4n) is 2.32. The number of hydrogen-bond acceptors (Lipinski definition) is 4. The lowest BCUT2D eigenvalue weighted by Gasteiger charge is -2.19. The van der Waals surface area contributed by atoms with Gasteiger partial charge in [0.15, 0.2) is 0 Å². The normalized spacial score (nSPS) is 12.6. The number of aromatic nitrogens is 3. The van der Waals surface area contributed by atoms with Gasteiger partial charge >= 0.3 is 0 Å². The van der Waals surface area contributed by atoms with Gasteiger partial charge in [0, 0.05) is 30.3 Å². The molecule has 1 unspecified atom stereocenters. The number of nitrogens with zero attached hydrogens (tertiary/aromatic N) is 3.